The van der Waals surface area contributed by atoms with Gasteiger partial charge in [-0.1, -0.05) is 29.2 Å². The van der Waals surface area contributed by atoms with E-state index in [1.165, 1.54) is 36.1 Å². The van der Waals surface area contributed by atoms with Crippen LogP contribution in [0.1, 0.15) is 22.8 Å². The third kappa shape index (κ3) is 6.18. The maximum atomic E-state index is 12.2. The Morgan fingerprint density at radius 3 is 2.64 bits per heavy atom. The van der Waals surface area contributed by atoms with E-state index in [4.69, 9.17) is 9.47 Å². The maximum absolute atomic E-state index is 12.2. The second-order valence-corrected chi connectivity index (χ2v) is 8.98. The summed E-state index contributed by atoms with van der Waals surface area (Å²) in [7, 11) is 0. The smallest absolute Gasteiger partial charge is 0.250 e. The van der Waals surface area contributed by atoms with Crippen LogP contribution in [0.15, 0.2) is 52.9 Å². The summed E-state index contributed by atoms with van der Waals surface area (Å²) in [5.74, 6) is 0.831. The molecule has 0 fully saturated rings. The van der Waals surface area contributed by atoms with Crippen LogP contribution in [0.5, 0.6) is 11.5 Å². The molecule has 168 valence electrons. The van der Waals surface area contributed by atoms with Crippen molar-refractivity contribution >= 4 is 57.6 Å². The maximum Gasteiger partial charge on any atom is 0.250 e. The molecule has 2 heterocycles. The summed E-state index contributed by atoms with van der Waals surface area (Å²) in [6, 6.07) is 12.1. The molecule has 0 radical (unpaired) electrons. The van der Waals surface area contributed by atoms with Gasteiger partial charge < -0.3 is 14.8 Å². The van der Waals surface area contributed by atoms with Crippen LogP contribution in [0.3, 0.4) is 0 Å². The molecule has 1 aromatic heterocycles. The molecule has 0 bridgehead atoms. The van der Waals surface area contributed by atoms with Gasteiger partial charge in [-0.25, -0.2) is 0 Å². The van der Waals surface area contributed by atoms with Crippen LogP contribution in [0.2, 0.25) is 0 Å². The lowest BCUT2D eigenvalue weighted by Gasteiger charge is -2.04. The van der Waals surface area contributed by atoms with Gasteiger partial charge in [-0.15, -0.1) is 10.2 Å². The van der Waals surface area contributed by atoms with E-state index in [0.29, 0.717) is 32.2 Å². The highest BCUT2D eigenvalue weighted by molar-refractivity contribution is 8.01. The first-order chi connectivity index (χ1) is 16.0. The van der Waals surface area contributed by atoms with Crippen LogP contribution in [0.4, 0.5) is 10.8 Å². The third-order valence-electron chi connectivity index (χ3n) is 4.36. The summed E-state index contributed by atoms with van der Waals surface area (Å²) in [5, 5.41) is 13.6. The van der Waals surface area contributed by atoms with Crippen molar-refractivity contribution in [2.75, 3.05) is 23.2 Å². The normalized spacial score (nSPS) is 12.0. The lowest BCUT2D eigenvalue weighted by atomic mass is 10.1. The van der Waals surface area contributed by atoms with Crippen LogP contribution in [-0.4, -0.2) is 40.3 Å². The van der Waals surface area contributed by atoms with E-state index in [1.807, 2.05) is 6.07 Å². The summed E-state index contributed by atoms with van der Waals surface area (Å²) in [5.41, 5.74) is 1.98. The zero-order valence-corrected chi connectivity index (χ0v) is 19.0. The van der Waals surface area contributed by atoms with Gasteiger partial charge in [0.15, 0.2) is 21.6 Å². The predicted octanol–water partition coefficient (Wildman–Crippen LogP) is 3.85. The number of carbonyl (C=O) groups is 3. The fraction of sp³-hybridized carbons (Fsp3) is 0.136. The first-order valence-electron chi connectivity index (χ1n) is 9.72. The van der Waals surface area contributed by atoms with Crippen LogP contribution >= 0.6 is 23.1 Å². The van der Waals surface area contributed by atoms with Gasteiger partial charge in [0.25, 0.3) is 0 Å². The molecular weight excluding hydrogens is 464 g/mol. The summed E-state index contributed by atoms with van der Waals surface area (Å²) < 4.78 is 11.1. The molecule has 0 saturated heterocycles. The van der Waals surface area contributed by atoms with E-state index in [1.54, 1.807) is 42.5 Å². The van der Waals surface area contributed by atoms with Crippen LogP contribution in [0.25, 0.3) is 6.08 Å². The molecule has 2 N–H and O–H groups in total. The number of ether oxygens (including phenoxy) is 2. The van der Waals surface area contributed by atoms with Gasteiger partial charge in [0.05, 0.1) is 5.75 Å². The number of amides is 2. The van der Waals surface area contributed by atoms with Crippen molar-refractivity contribution in [2.45, 2.75) is 11.3 Å². The molecule has 2 amide bonds. The number of ketones is 1. The van der Waals surface area contributed by atoms with E-state index < -0.39 is 0 Å². The Labute approximate surface area is 197 Å². The van der Waals surface area contributed by atoms with Gasteiger partial charge in [0, 0.05) is 17.3 Å². The average molecular weight is 483 g/mol. The molecule has 0 unspecified atom stereocenters. The van der Waals surface area contributed by atoms with Crippen molar-refractivity contribution in [3.05, 3.63) is 59.7 Å². The van der Waals surface area contributed by atoms with Gasteiger partial charge in [-0.3, -0.25) is 19.7 Å². The fourth-order valence-electron chi connectivity index (χ4n) is 2.77. The molecular formula is C22H18N4O5S2. The van der Waals surface area contributed by atoms with Gasteiger partial charge in [-0.2, -0.15) is 0 Å². The number of Topliss-reactive ketones (excluding diaryl/α,β-unsaturated/α-hetero) is 1. The van der Waals surface area contributed by atoms with E-state index >= 15 is 0 Å². The molecule has 11 heteroatoms. The first kappa shape index (κ1) is 22.5. The monoisotopic (exact) mass is 482 g/mol. The minimum Gasteiger partial charge on any atom is -0.454 e. The highest BCUT2D eigenvalue weighted by Crippen LogP contribution is 2.32. The van der Waals surface area contributed by atoms with Gasteiger partial charge in [0.1, 0.15) is 0 Å². The molecule has 0 atom stereocenters. The Morgan fingerprint density at radius 1 is 1.06 bits per heavy atom. The number of hydrogen-bond acceptors (Lipinski definition) is 9. The van der Waals surface area contributed by atoms with Crippen molar-refractivity contribution < 1.29 is 23.9 Å². The van der Waals surface area contributed by atoms with Gasteiger partial charge in [-0.05, 0) is 55.0 Å². The number of aromatic nitrogens is 2. The number of benzene rings is 2. The van der Waals surface area contributed by atoms with E-state index in [9.17, 15) is 14.4 Å². The van der Waals surface area contributed by atoms with Crippen molar-refractivity contribution in [3.63, 3.8) is 0 Å². The molecule has 33 heavy (non-hydrogen) atoms. The Bertz CT molecular complexity index is 1220. The number of thioether (sulfide) groups is 1. The molecule has 1 aliphatic heterocycles. The number of carbonyl (C=O) groups excluding carboxylic acids is 3. The lowest BCUT2D eigenvalue weighted by molar-refractivity contribution is -0.114. The number of fused-ring (bicyclic) bond motifs is 1. The zero-order chi connectivity index (χ0) is 23.2. The van der Waals surface area contributed by atoms with Crippen LogP contribution in [0, 0.1) is 0 Å². The average Bonchev–Trinajstić information content (AvgIpc) is 3.45. The van der Waals surface area contributed by atoms with Gasteiger partial charge >= 0.3 is 0 Å². The molecule has 0 spiro atoms. The predicted molar refractivity (Wildman–Crippen MR) is 126 cm³/mol. The lowest BCUT2D eigenvalue weighted by Crippen LogP contribution is -2.14. The largest absolute Gasteiger partial charge is 0.454 e. The molecule has 1 aliphatic rings. The molecule has 3 aromatic rings. The number of nitrogens with zero attached hydrogens (tertiary/aromatic N) is 2. The topological polar surface area (TPSA) is 120 Å². The molecule has 4 rings (SSSR count). The van der Waals surface area contributed by atoms with E-state index in [-0.39, 0.29) is 30.1 Å². The first-order valence-corrected chi connectivity index (χ1v) is 11.5. The quantitative estimate of drug-likeness (QED) is 0.215. The minimum atomic E-state index is -0.355. The van der Waals surface area contributed by atoms with Crippen molar-refractivity contribution in [1.29, 1.82) is 0 Å². The highest BCUT2D eigenvalue weighted by atomic mass is 32.2. The molecule has 0 saturated carbocycles. The number of nitrogens with one attached hydrogen (secondary N) is 2. The summed E-state index contributed by atoms with van der Waals surface area (Å²) in [6.45, 7) is 1.68. The zero-order valence-electron chi connectivity index (χ0n) is 17.4. The molecule has 9 nitrogen and oxygen atoms in total. The fourth-order valence-corrected chi connectivity index (χ4v) is 4.32. The van der Waals surface area contributed by atoms with Crippen LogP contribution < -0.4 is 20.1 Å². The van der Waals surface area contributed by atoms with Crippen molar-refractivity contribution in [3.8, 4) is 11.5 Å². The summed E-state index contributed by atoms with van der Waals surface area (Å²) >= 11 is 2.38. The van der Waals surface area contributed by atoms with Crippen molar-refractivity contribution in [2.24, 2.45) is 0 Å². The van der Waals surface area contributed by atoms with E-state index in [0.717, 1.165) is 5.56 Å². The second kappa shape index (κ2) is 10.3. The highest BCUT2D eigenvalue weighted by Gasteiger charge is 2.13. The van der Waals surface area contributed by atoms with Gasteiger partial charge in [0.2, 0.25) is 23.7 Å². The molecule has 2 aromatic carbocycles. The Kier molecular flexibility index (Phi) is 7.01. The Balaban J connectivity index is 1.24. The van der Waals surface area contributed by atoms with E-state index in [2.05, 4.69) is 20.8 Å². The summed E-state index contributed by atoms with van der Waals surface area (Å²) in [4.78, 5) is 35.6. The number of rotatable bonds is 8. The summed E-state index contributed by atoms with van der Waals surface area (Å²) in [6.07, 6.45) is 3.04. The van der Waals surface area contributed by atoms with Crippen LogP contribution in [-0.2, 0) is 9.59 Å². The Hall–Kier alpha value is -3.70. The Morgan fingerprint density at radius 2 is 1.85 bits per heavy atom. The van der Waals surface area contributed by atoms with Crippen molar-refractivity contribution in [1.82, 2.24) is 10.2 Å². The number of anilines is 2. The third-order valence-corrected chi connectivity index (χ3v) is 6.33. The number of hydrogen-bond donors (Lipinski definition) is 2. The SMILES string of the molecule is CC(=O)c1ccc(NC(=O)CSc2nnc(NC(=O)/C=C/c3ccc4c(c3)OCO4)s2)cc1. The molecule has 0 aliphatic carbocycles. The second-order valence-electron chi connectivity index (χ2n) is 6.78. The minimum absolute atomic E-state index is 0.0361. The standard InChI is InChI=1S/C22H18N4O5S2/c1-13(27)15-4-6-16(7-5-15)23-20(29)11-32-22-26-25-21(33-22)24-19(28)9-3-14-2-8-17-18(10-14)31-12-30-17/h2-10H,11-12H2,1H3,(H,23,29)(H,24,25,28)/b9-3+.